The van der Waals surface area contributed by atoms with Crippen LogP contribution in [-0.2, 0) is 11.2 Å². The van der Waals surface area contributed by atoms with Crippen LogP contribution in [-0.4, -0.2) is 63.6 Å². The first kappa shape index (κ1) is 22.2. The van der Waals surface area contributed by atoms with E-state index < -0.39 is 0 Å². The zero-order valence-electron chi connectivity index (χ0n) is 17.7. The summed E-state index contributed by atoms with van der Waals surface area (Å²) in [5, 5.41) is 5.78. The molecule has 156 valence electrons. The molecule has 0 bridgehead atoms. The minimum atomic E-state index is -0.315. The summed E-state index contributed by atoms with van der Waals surface area (Å²) in [6, 6.07) is 14.8. The van der Waals surface area contributed by atoms with Crippen molar-refractivity contribution in [3.8, 4) is 5.75 Å². The molecule has 0 heterocycles. The fourth-order valence-corrected chi connectivity index (χ4v) is 2.92. The Morgan fingerprint density at radius 1 is 1.03 bits per heavy atom. The molecule has 0 aromatic heterocycles. The van der Waals surface area contributed by atoms with Crippen LogP contribution in [0.5, 0.6) is 5.75 Å². The molecule has 7 nitrogen and oxygen atoms in total. The van der Waals surface area contributed by atoms with E-state index in [1.54, 1.807) is 27.3 Å². The Bertz CT molecular complexity index is 836. The molecule has 0 saturated carbocycles. The van der Waals surface area contributed by atoms with Gasteiger partial charge in [-0.1, -0.05) is 30.3 Å². The molecule has 0 spiro atoms. The van der Waals surface area contributed by atoms with Gasteiger partial charge in [0.1, 0.15) is 5.75 Å². The van der Waals surface area contributed by atoms with E-state index in [0.29, 0.717) is 12.2 Å². The van der Waals surface area contributed by atoms with Crippen molar-refractivity contribution < 1.29 is 14.3 Å². The lowest BCUT2D eigenvalue weighted by Crippen LogP contribution is -2.37. The van der Waals surface area contributed by atoms with Gasteiger partial charge in [-0.2, -0.15) is 0 Å². The monoisotopic (exact) mass is 398 g/mol. The first-order valence-corrected chi connectivity index (χ1v) is 9.45. The summed E-state index contributed by atoms with van der Waals surface area (Å²) in [5.41, 5.74) is 2.45. The number of rotatable bonds is 8. The summed E-state index contributed by atoms with van der Waals surface area (Å²) in [4.78, 5) is 28.1. The van der Waals surface area contributed by atoms with Crippen LogP contribution in [0.4, 0.5) is 10.5 Å². The quantitative estimate of drug-likeness (QED) is 0.717. The molecule has 3 amide bonds. The normalized spacial score (nSPS) is 11.7. The molecule has 0 radical (unpaired) electrons. The Balaban J connectivity index is 2.04. The van der Waals surface area contributed by atoms with Gasteiger partial charge in [0.2, 0.25) is 5.91 Å². The Morgan fingerprint density at radius 2 is 1.76 bits per heavy atom. The van der Waals surface area contributed by atoms with Crippen LogP contribution >= 0.6 is 0 Å². The number of likely N-dealkylation sites (N-methyl/N-ethyl adjacent to an activating group) is 2. The fraction of sp³-hybridized carbons (Fsp3) is 0.364. The number of carbonyl (C=O) groups is 2. The van der Waals surface area contributed by atoms with Crippen molar-refractivity contribution in [2.24, 2.45) is 0 Å². The van der Waals surface area contributed by atoms with Crippen molar-refractivity contribution in [2.75, 3.05) is 47.2 Å². The molecule has 0 saturated heterocycles. The topological polar surface area (TPSA) is 73.9 Å². The van der Waals surface area contributed by atoms with E-state index in [-0.39, 0.29) is 24.4 Å². The molecule has 0 aliphatic heterocycles. The number of hydrogen-bond donors (Lipinski definition) is 2. The number of amides is 3. The standard InChI is InChI=1S/C22H30N4O3/c1-25(2)20(17-10-8-11-18(13-17)29-5)15-23-22(28)24-19-12-7-6-9-16(19)14-21(27)26(3)4/h6-13,20H,14-15H2,1-5H3,(H2,23,24,28). The van der Waals surface area contributed by atoms with Gasteiger partial charge in [0.15, 0.2) is 0 Å². The first-order chi connectivity index (χ1) is 13.8. The average Bonchev–Trinajstić information content (AvgIpc) is 2.69. The highest BCUT2D eigenvalue weighted by Crippen LogP contribution is 2.22. The largest absolute Gasteiger partial charge is 0.497 e. The predicted octanol–water partition coefficient (Wildman–Crippen LogP) is 2.75. The highest BCUT2D eigenvalue weighted by Gasteiger charge is 2.17. The number of nitrogens with one attached hydrogen (secondary N) is 2. The highest BCUT2D eigenvalue weighted by molar-refractivity contribution is 5.91. The van der Waals surface area contributed by atoms with E-state index in [2.05, 4.69) is 10.6 Å². The molecule has 29 heavy (non-hydrogen) atoms. The van der Waals surface area contributed by atoms with Crippen LogP contribution < -0.4 is 15.4 Å². The molecular formula is C22H30N4O3. The second-order valence-electron chi connectivity index (χ2n) is 7.21. The van der Waals surface area contributed by atoms with Gasteiger partial charge in [-0.25, -0.2) is 4.79 Å². The highest BCUT2D eigenvalue weighted by atomic mass is 16.5. The minimum Gasteiger partial charge on any atom is -0.497 e. The van der Waals surface area contributed by atoms with Gasteiger partial charge in [0, 0.05) is 26.3 Å². The van der Waals surface area contributed by atoms with E-state index in [4.69, 9.17) is 4.74 Å². The van der Waals surface area contributed by atoms with E-state index >= 15 is 0 Å². The van der Waals surface area contributed by atoms with Crippen molar-refractivity contribution in [1.82, 2.24) is 15.1 Å². The lowest BCUT2D eigenvalue weighted by atomic mass is 10.1. The molecule has 1 unspecified atom stereocenters. The molecule has 2 aromatic rings. The number of anilines is 1. The lowest BCUT2D eigenvalue weighted by molar-refractivity contribution is -0.127. The van der Waals surface area contributed by atoms with Crippen LogP contribution in [0.3, 0.4) is 0 Å². The first-order valence-electron chi connectivity index (χ1n) is 9.45. The van der Waals surface area contributed by atoms with Crippen molar-refractivity contribution in [3.63, 3.8) is 0 Å². The predicted molar refractivity (Wildman–Crippen MR) is 115 cm³/mol. The third kappa shape index (κ3) is 6.50. The Hall–Kier alpha value is -3.06. The number of benzene rings is 2. The summed E-state index contributed by atoms with van der Waals surface area (Å²) in [5.74, 6) is 0.753. The van der Waals surface area contributed by atoms with E-state index in [0.717, 1.165) is 16.9 Å². The average molecular weight is 399 g/mol. The fourth-order valence-electron chi connectivity index (χ4n) is 2.92. The number of methoxy groups -OCH3 is 1. The summed E-state index contributed by atoms with van der Waals surface area (Å²) in [6.45, 7) is 0.421. The lowest BCUT2D eigenvalue weighted by Gasteiger charge is -2.25. The molecule has 7 heteroatoms. The van der Waals surface area contributed by atoms with Crippen molar-refractivity contribution in [3.05, 3.63) is 59.7 Å². The van der Waals surface area contributed by atoms with Gasteiger partial charge in [-0.15, -0.1) is 0 Å². The number of carbonyl (C=O) groups excluding carboxylic acids is 2. The number of urea groups is 1. The van der Waals surface area contributed by atoms with E-state index in [9.17, 15) is 9.59 Å². The number of ether oxygens (including phenoxy) is 1. The molecule has 0 aliphatic rings. The Labute approximate surface area is 172 Å². The van der Waals surface area contributed by atoms with Crippen LogP contribution in [0.15, 0.2) is 48.5 Å². The number of nitrogens with zero attached hydrogens (tertiary/aromatic N) is 2. The summed E-state index contributed by atoms with van der Waals surface area (Å²) in [6.07, 6.45) is 0.230. The summed E-state index contributed by atoms with van der Waals surface area (Å²) < 4.78 is 5.30. The van der Waals surface area contributed by atoms with Crippen molar-refractivity contribution in [2.45, 2.75) is 12.5 Å². The van der Waals surface area contributed by atoms with Crippen LogP contribution in [0.25, 0.3) is 0 Å². The molecule has 0 fully saturated rings. The van der Waals surface area contributed by atoms with E-state index in [1.165, 1.54) is 4.90 Å². The van der Waals surface area contributed by atoms with Gasteiger partial charge < -0.3 is 25.2 Å². The molecule has 2 aromatic carbocycles. The molecular weight excluding hydrogens is 368 g/mol. The third-order valence-corrected chi connectivity index (χ3v) is 4.66. The third-order valence-electron chi connectivity index (χ3n) is 4.66. The maximum Gasteiger partial charge on any atom is 0.319 e. The number of hydrogen-bond acceptors (Lipinski definition) is 4. The minimum absolute atomic E-state index is 0.0126. The second-order valence-corrected chi connectivity index (χ2v) is 7.21. The van der Waals surface area contributed by atoms with Crippen LogP contribution in [0.2, 0.25) is 0 Å². The van der Waals surface area contributed by atoms with Crippen LogP contribution in [0, 0.1) is 0 Å². The van der Waals surface area contributed by atoms with Gasteiger partial charge in [0.25, 0.3) is 0 Å². The summed E-state index contributed by atoms with van der Waals surface area (Å²) >= 11 is 0. The zero-order chi connectivity index (χ0) is 21.4. The molecule has 0 aliphatic carbocycles. The zero-order valence-corrected chi connectivity index (χ0v) is 17.7. The Morgan fingerprint density at radius 3 is 2.41 bits per heavy atom. The maximum atomic E-state index is 12.5. The summed E-state index contributed by atoms with van der Waals surface area (Å²) in [7, 11) is 8.99. The second kappa shape index (κ2) is 10.5. The van der Waals surface area contributed by atoms with Crippen molar-refractivity contribution >= 4 is 17.6 Å². The van der Waals surface area contributed by atoms with E-state index in [1.807, 2.05) is 61.5 Å². The van der Waals surface area contributed by atoms with Gasteiger partial charge in [0.05, 0.1) is 19.6 Å². The molecule has 2 N–H and O–H groups in total. The SMILES string of the molecule is COc1cccc(C(CNC(=O)Nc2ccccc2CC(=O)N(C)C)N(C)C)c1. The molecule has 2 rings (SSSR count). The van der Waals surface area contributed by atoms with Crippen LogP contribution in [0.1, 0.15) is 17.2 Å². The number of para-hydroxylation sites is 1. The molecule has 1 atom stereocenters. The van der Waals surface area contributed by atoms with Gasteiger partial charge in [-0.3, -0.25) is 4.79 Å². The Kier molecular flexibility index (Phi) is 8.03. The maximum absolute atomic E-state index is 12.5. The van der Waals surface area contributed by atoms with Gasteiger partial charge in [-0.05, 0) is 43.4 Å². The van der Waals surface area contributed by atoms with Crippen molar-refractivity contribution in [1.29, 1.82) is 0 Å². The van der Waals surface area contributed by atoms with Gasteiger partial charge >= 0.3 is 6.03 Å². The smallest absolute Gasteiger partial charge is 0.319 e.